The van der Waals surface area contributed by atoms with Crippen LogP contribution in [0.15, 0.2) is 48.1 Å². The van der Waals surface area contributed by atoms with Crippen molar-refractivity contribution in [3.63, 3.8) is 0 Å². The Labute approximate surface area is 155 Å². The SMILES string of the molecule is C/C=C(C)/C=C/C=C(\c1ccc2c(c1)C(C)(C)CCC2(C)C)C(C)C. The van der Waals surface area contributed by atoms with Crippen LogP contribution < -0.4 is 0 Å². The van der Waals surface area contributed by atoms with Gasteiger partial charge in [0.05, 0.1) is 0 Å². The second-order valence-electron chi connectivity index (χ2n) is 9.20. The fraction of sp³-hybridized carbons (Fsp3) is 0.520. The Morgan fingerprint density at radius 2 is 1.60 bits per heavy atom. The molecule has 0 nitrogen and oxygen atoms in total. The van der Waals surface area contributed by atoms with Crippen molar-refractivity contribution < 1.29 is 0 Å². The minimum absolute atomic E-state index is 0.264. The summed E-state index contributed by atoms with van der Waals surface area (Å²) in [5.74, 6) is 0.508. The molecule has 0 fully saturated rings. The van der Waals surface area contributed by atoms with Gasteiger partial charge in [0, 0.05) is 0 Å². The Bertz CT molecular complexity index is 706. The molecule has 0 heteroatoms. The van der Waals surface area contributed by atoms with Crippen LogP contribution in [0.5, 0.6) is 0 Å². The predicted molar refractivity (Wildman–Crippen MR) is 113 cm³/mol. The van der Waals surface area contributed by atoms with E-state index in [1.807, 2.05) is 0 Å². The Kier molecular flexibility index (Phi) is 5.82. The molecule has 0 radical (unpaired) electrons. The van der Waals surface area contributed by atoms with Crippen molar-refractivity contribution in [3.05, 3.63) is 64.8 Å². The van der Waals surface area contributed by atoms with E-state index >= 15 is 0 Å². The van der Waals surface area contributed by atoms with Crippen LogP contribution in [0, 0.1) is 5.92 Å². The molecule has 0 atom stereocenters. The van der Waals surface area contributed by atoms with Crippen LogP contribution in [0.3, 0.4) is 0 Å². The standard InChI is InChI=1S/C25H36/c1-9-19(4)11-10-12-21(18(2)3)20-13-14-22-23(17-20)25(7,8)16-15-24(22,5)6/h9-14,17-18H,15-16H2,1-8H3/b11-10+,19-9+,21-12-. The molecule has 1 aliphatic carbocycles. The third-order valence-electron chi connectivity index (χ3n) is 5.90. The van der Waals surface area contributed by atoms with Gasteiger partial charge in [-0.25, -0.2) is 0 Å². The summed E-state index contributed by atoms with van der Waals surface area (Å²) in [5, 5.41) is 0. The zero-order valence-corrected chi connectivity index (χ0v) is 17.5. The van der Waals surface area contributed by atoms with Crippen molar-refractivity contribution in [2.75, 3.05) is 0 Å². The fourth-order valence-corrected chi connectivity index (χ4v) is 3.79. The lowest BCUT2D eigenvalue weighted by Crippen LogP contribution is -2.33. The average molecular weight is 337 g/mol. The fourth-order valence-electron chi connectivity index (χ4n) is 3.79. The summed E-state index contributed by atoms with van der Waals surface area (Å²) in [7, 11) is 0. The van der Waals surface area contributed by atoms with Crippen LogP contribution >= 0.6 is 0 Å². The van der Waals surface area contributed by atoms with Crippen molar-refractivity contribution in [1.82, 2.24) is 0 Å². The summed E-state index contributed by atoms with van der Waals surface area (Å²) in [6, 6.07) is 7.20. The van der Waals surface area contributed by atoms with Gasteiger partial charge in [-0.05, 0) is 65.7 Å². The van der Waals surface area contributed by atoms with E-state index in [1.54, 1.807) is 5.56 Å². The third kappa shape index (κ3) is 4.35. The lowest BCUT2D eigenvalue weighted by Gasteiger charge is -2.42. The van der Waals surface area contributed by atoms with Gasteiger partial charge in [-0.15, -0.1) is 0 Å². The molecule has 0 spiro atoms. The maximum Gasteiger partial charge on any atom is -0.0100 e. The lowest BCUT2D eigenvalue weighted by atomic mass is 9.62. The Morgan fingerprint density at radius 3 is 2.16 bits per heavy atom. The molecule has 0 aliphatic heterocycles. The summed E-state index contributed by atoms with van der Waals surface area (Å²) in [4.78, 5) is 0. The summed E-state index contributed by atoms with van der Waals surface area (Å²) in [6.45, 7) is 18.4. The van der Waals surface area contributed by atoms with Crippen LogP contribution in [0.25, 0.3) is 5.57 Å². The predicted octanol–water partition coefficient (Wildman–Crippen LogP) is 7.60. The maximum absolute atomic E-state index is 2.47. The van der Waals surface area contributed by atoms with Crippen molar-refractivity contribution in [3.8, 4) is 0 Å². The minimum Gasteiger partial charge on any atom is -0.0847 e. The van der Waals surface area contributed by atoms with Crippen LogP contribution in [0.2, 0.25) is 0 Å². The first-order valence-electron chi connectivity index (χ1n) is 9.75. The highest BCUT2D eigenvalue weighted by Crippen LogP contribution is 2.46. The molecule has 0 heterocycles. The molecule has 0 amide bonds. The van der Waals surface area contributed by atoms with Gasteiger partial charge in [-0.1, -0.05) is 89.6 Å². The highest BCUT2D eigenvalue weighted by molar-refractivity contribution is 5.70. The highest BCUT2D eigenvalue weighted by Gasteiger charge is 2.37. The summed E-state index contributed by atoms with van der Waals surface area (Å²) < 4.78 is 0. The molecule has 0 unspecified atom stereocenters. The number of hydrogen-bond acceptors (Lipinski definition) is 0. The van der Waals surface area contributed by atoms with E-state index in [0.29, 0.717) is 5.92 Å². The first-order chi connectivity index (χ1) is 11.6. The second kappa shape index (κ2) is 7.36. The first kappa shape index (κ1) is 19.8. The van der Waals surface area contributed by atoms with Crippen LogP contribution in [-0.4, -0.2) is 0 Å². The molecule has 0 N–H and O–H groups in total. The zero-order chi connectivity index (χ0) is 18.8. The molecule has 136 valence electrons. The summed E-state index contributed by atoms with van der Waals surface area (Å²) in [5.41, 5.74) is 7.73. The van der Waals surface area contributed by atoms with Crippen LogP contribution in [0.4, 0.5) is 0 Å². The first-order valence-corrected chi connectivity index (χ1v) is 9.75. The van der Waals surface area contributed by atoms with Crippen molar-refractivity contribution >= 4 is 5.57 Å². The largest absolute Gasteiger partial charge is 0.0847 e. The van der Waals surface area contributed by atoms with Crippen molar-refractivity contribution in [2.45, 2.75) is 79.1 Å². The maximum atomic E-state index is 2.47. The number of fused-ring (bicyclic) bond motifs is 1. The number of hydrogen-bond donors (Lipinski definition) is 0. The Balaban J connectivity index is 2.51. The second-order valence-corrected chi connectivity index (χ2v) is 9.20. The number of allylic oxidation sites excluding steroid dienone is 6. The van der Waals surface area contributed by atoms with Gasteiger partial charge in [0.15, 0.2) is 0 Å². The molecule has 2 rings (SSSR count). The molecular formula is C25H36. The molecule has 0 bridgehead atoms. The topological polar surface area (TPSA) is 0 Å². The third-order valence-corrected chi connectivity index (χ3v) is 5.90. The molecular weight excluding hydrogens is 300 g/mol. The van der Waals surface area contributed by atoms with E-state index < -0.39 is 0 Å². The molecule has 1 aromatic rings. The van der Waals surface area contributed by atoms with Gasteiger partial charge in [0.1, 0.15) is 0 Å². The van der Waals surface area contributed by atoms with E-state index in [1.165, 1.54) is 35.1 Å². The quantitative estimate of drug-likeness (QED) is 0.497. The van der Waals surface area contributed by atoms with E-state index in [4.69, 9.17) is 0 Å². The zero-order valence-electron chi connectivity index (χ0n) is 17.5. The van der Waals surface area contributed by atoms with E-state index in [0.717, 1.165) is 0 Å². The average Bonchev–Trinajstić information content (AvgIpc) is 2.55. The van der Waals surface area contributed by atoms with E-state index in [9.17, 15) is 0 Å². The molecule has 1 aliphatic rings. The molecule has 0 saturated carbocycles. The molecule has 0 aromatic heterocycles. The van der Waals surface area contributed by atoms with Gasteiger partial charge < -0.3 is 0 Å². The number of rotatable bonds is 4. The van der Waals surface area contributed by atoms with Gasteiger partial charge in [0.25, 0.3) is 0 Å². The normalized spacial score (nSPS) is 20.2. The van der Waals surface area contributed by atoms with E-state index in [2.05, 4.69) is 97.9 Å². The molecule has 1 aromatic carbocycles. The van der Waals surface area contributed by atoms with Crippen LogP contribution in [0.1, 0.15) is 84.9 Å². The lowest BCUT2D eigenvalue weighted by molar-refractivity contribution is 0.332. The Hall–Kier alpha value is -1.56. The smallest absolute Gasteiger partial charge is 0.0100 e. The summed E-state index contributed by atoms with van der Waals surface area (Å²) >= 11 is 0. The van der Waals surface area contributed by atoms with Crippen molar-refractivity contribution in [1.29, 1.82) is 0 Å². The Morgan fingerprint density at radius 1 is 1.00 bits per heavy atom. The van der Waals surface area contributed by atoms with Crippen molar-refractivity contribution in [2.24, 2.45) is 5.92 Å². The van der Waals surface area contributed by atoms with Gasteiger partial charge in [-0.2, -0.15) is 0 Å². The van der Waals surface area contributed by atoms with Gasteiger partial charge >= 0.3 is 0 Å². The molecule has 0 saturated heterocycles. The minimum atomic E-state index is 0.264. The van der Waals surface area contributed by atoms with Gasteiger partial charge in [-0.3, -0.25) is 0 Å². The summed E-state index contributed by atoms with van der Waals surface area (Å²) in [6.07, 6.45) is 11.3. The van der Waals surface area contributed by atoms with Gasteiger partial charge in [0.2, 0.25) is 0 Å². The number of benzene rings is 1. The van der Waals surface area contributed by atoms with Crippen LogP contribution in [-0.2, 0) is 10.8 Å². The molecule has 25 heavy (non-hydrogen) atoms. The highest BCUT2D eigenvalue weighted by atomic mass is 14.4. The van der Waals surface area contributed by atoms with E-state index in [-0.39, 0.29) is 10.8 Å². The monoisotopic (exact) mass is 336 g/mol.